The lowest BCUT2D eigenvalue weighted by Gasteiger charge is -2.19. The molecule has 2 aromatic rings. The van der Waals surface area contributed by atoms with Crippen LogP contribution < -0.4 is 10.1 Å². The van der Waals surface area contributed by atoms with Crippen molar-refractivity contribution in [1.29, 1.82) is 0 Å². The Morgan fingerprint density at radius 3 is 3.17 bits per heavy atom. The van der Waals surface area contributed by atoms with E-state index in [0.717, 1.165) is 18.5 Å². The van der Waals surface area contributed by atoms with Crippen molar-refractivity contribution in [3.8, 4) is 5.75 Å². The van der Waals surface area contributed by atoms with Gasteiger partial charge in [-0.1, -0.05) is 11.6 Å². The Bertz CT molecular complexity index is 690. The number of halogens is 1. The average Bonchev–Trinajstić information content (AvgIpc) is 3.24. The number of nitrogens with zero attached hydrogens (tertiary/aromatic N) is 2. The summed E-state index contributed by atoms with van der Waals surface area (Å²) in [5.41, 5.74) is 1.24. The van der Waals surface area contributed by atoms with Crippen molar-refractivity contribution in [3.63, 3.8) is 0 Å². The summed E-state index contributed by atoms with van der Waals surface area (Å²) in [5, 5.41) is 3.18. The van der Waals surface area contributed by atoms with E-state index in [2.05, 4.69) is 27.2 Å². The lowest BCUT2D eigenvalue weighted by molar-refractivity contribution is 0.0946. The molecule has 0 aliphatic carbocycles. The van der Waals surface area contributed by atoms with Crippen LogP contribution in [0.15, 0.2) is 30.6 Å². The van der Waals surface area contributed by atoms with Crippen molar-refractivity contribution >= 4 is 17.5 Å². The number of likely N-dealkylation sites (N-methyl/N-ethyl adjacent to an activating group) is 1. The summed E-state index contributed by atoms with van der Waals surface area (Å²) < 4.78 is 5.85. The number of aromatic amines is 1. The van der Waals surface area contributed by atoms with Gasteiger partial charge in [-0.3, -0.25) is 4.79 Å². The topological polar surface area (TPSA) is 70.2 Å². The Kier molecular flexibility index (Phi) is 5.37. The van der Waals surface area contributed by atoms with Crippen molar-refractivity contribution in [3.05, 3.63) is 47.0 Å². The molecule has 0 radical (unpaired) electrons. The largest absolute Gasteiger partial charge is 0.490 e. The van der Waals surface area contributed by atoms with Crippen LogP contribution in [0.5, 0.6) is 5.75 Å². The average molecular weight is 349 g/mol. The van der Waals surface area contributed by atoms with E-state index in [1.54, 1.807) is 24.5 Å². The first kappa shape index (κ1) is 16.8. The second-order valence-corrected chi connectivity index (χ2v) is 6.33. The highest BCUT2D eigenvalue weighted by atomic mass is 35.5. The number of aromatic nitrogens is 2. The van der Waals surface area contributed by atoms with Crippen molar-refractivity contribution in [2.75, 3.05) is 20.2 Å². The molecular weight excluding hydrogens is 328 g/mol. The van der Waals surface area contributed by atoms with Gasteiger partial charge in [0.25, 0.3) is 5.91 Å². The van der Waals surface area contributed by atoms with Crippen LogP contribution in [-0.4, -0.2) is 47.0 Å². The van der Waals surface area contributed by atoms with E-state index in [1.165, 1.54) is 6.42 Å². The lowest BCUT2D eigenvalue weighted by atomic mass is 10.2. The number of carbonyl (C=O) groups is 1. The number of pyridine rings is 1. The van der Waals surface area contributed by atoms with Gasteiger partial charge in [0, 0.05) is 24.3 Å². The SMILES string of the molecule is CN1CCC[C@H]1COc1cnc(Cl)c(CNC(=O)c2ccc[nH]2)c1. The third kappa shape index (κ3) is 4.07. The molecule has 0 unspecified atom stereocenters. The zero-order valence-electron chi connectivity index (χ0n) is 13.6. The molecule has 0 saturated carbocycles. The molecule has 1 amide bonds. The van der Waals surface area contributed by atoms with E-state index in [-0.39, 0.29) is 5.91 Å². The van der Waals surface area contributed by atoms with Crippen molar-refractivity contribution in [2.24, 2.45) is 0 Å². The molecule has 6 nitrogen and oxygen atoms in total. The van der Waals surface area contributed by atoms with Crippen LogP contribution in [-0.2, 0) is 6.54 Å². The van der Waals surface area contributed by atoms with Gasteiger partial charge >= 0.3 is 0 Å². The van der Waals surface area contributed by atoms with Crippen LogP contribution in [0.4, 0.5) is 0 Å². The quantitative estimate of drug-likeness (QED) is 0.787. The lowest BCUT2D eigenvalue weighted by Crippen LogP contribution is -2.30. The Hall–Kier alpha value is -2.05. The molecule has 1 aliphatic rings. The molecule has 1 saturated heterocycles. The summed E-state index contributed by atoms with van der Waals surface area (Å²) >= 11 is 6.12. The van der Waals surface area contributed by atoms with Gasteiger partial charge < -0.3 is 19.9 Å². The number of hydrogen-bond acceptors (Lipinski definition) is 4. The number of likely N-dealkylation sites (tertiary alicyclic amines) is 1. The minimum absolute atomic E-state index is 0.185. The molecule has 0 bridgehead atoms. The molecule has 2 N–H and O–H groups in total. The van der Waals surface area contributed by atoms with Gasteiger partial charge in [-0.25, -0.2) is 4.98 Å². The van der Waals surface area contributed by atoms with E-state index >= 15 is 0 Å². The normalized spacial score (nSPS) is 17.8. The predicted molar refractivity (Wildman–Crippen MR) is 92.4 cm³/mol. The smallest absolute Gasteiger partial charge is 0.267 e. The van der Waals surface area contributed by atoms with E-state index in [9.17, 15) is 4.79 Å². The maximum atomic E-state index is 12.0. The summed E-state index contributed by atoms with van der Waals surface area (Å²) in [7, 11) is 2.11. The highest BCUT2D eigenvalue weighted by Crippen LogP contribution is 2.21. The number of rotatable bonds is 6. The van der Waals surface area contributed by atoms with Crippen LogP contribution in [0.25, 0.3) is 0 Å². The molecule has 3 heterocycles. The van der Waals surface area contributed by atoms with Gasteiger partial charge in [0.1, 0.15) is 23.2 Å². The van der Waals surface area contributed by atoms with Gasteiger partial charge in [0.15, 0.2) is 0 Å². The molecule has 7 heteroatoms. The zero-order chi connectivity index (χ0) is 16.9. The van der Waals surface area contributed by atoms with E-state index < -0.39 is 0 Å². The summed E-state index contributed by atoms with van der Waals surface area (Å²) in [6.45, 7) is 2.04. The highest BCUT2D eigenvalue weighted by Gasteiger charge is 2.21. The van der Waals surface area contributed by atoms with Crippen molar-refractivity contribution in [2.45, 2.75) is 25.4 Å². The van der Waals surface area contributed by atoms with Crippen LogP contribution in [0, 0.1) is 0 Å². The monoisotopic (exact) mass is 348 g/mol. The summed E-state index contributed by atoms with van der Waals surface area (Å²) in [4.78, 5) is 21.3. The van der Waals surface area contributed by atoms with E-state index in [0.29, 0.717) is 35.8 Å². The van der Waals surface area contributed by atoms with Crippen molar-refractivity contribution in [1.82, 2.24) is 20.2 Å². The van der Waals surface area contributed by atoms with E-state index in [4.69, 9.17) is 16.3 Å². The minimum atomic E-state index is -0.185. The van der Waals surface area contributed by atoms with Gasteiger partial charge in [-0.15, -0.1) is 0 Å². The molecule has 128 valence electrons. The van der Waals surface area contributed by atoms with Gasteiger partial charge in [0.2, 0.25) is 0 Å². The number of H-pyrrole nitrogens is 1. The number of hydrogen-bond donors (Lipinski definition) is 2. The molecule has 2 aromatic heterocycles. The minimum Gasteiger partial charge on any atom is -0.490 e. The Morgan fingerprint density at radius 2 is 2.46 bits per heavy atom. The zero-order valence-corrected chi connectivity index (χ0v) is 14.3. The van der Waals surface area contributed by atoms with Gasteiger partial charge in [-0.2, -0.15) is 0 Å². The first-order chi connectivity index (χ1) is 11.6. The molecule has 0 spiro atoms. The second-order valence-electron chi connectivity index (χ2n) is 5.98. The number of ether oxygens (including phenoxy) is 1. The fourth-order valence-corrected chi connectivity index (χ4v) is 2.97. The fourth-order valence-electron chi connectivity index (χ4n) is 2.80. The molecule has 3 rings (SSSR count). The van der Waals surface area contributed by atoms with Crippen LogP contribution in [0.1, 0.15) is 28.9 Å². The molecule has 1 atom stereocenters. The third-order valence-electron chi connectivity index (χ3n) is 4.28. The van der Waals surface area contributed by atoms with Crippen molar-refractivity contribution < 1.29 is 9.53 Å². The predicted octanol–water partition coefficient (Wildman–Crippen LogP) is 2.47. The summed E-state index contributed by atoms with van der Waals surface area (Å²) in [5.74, 6) is 0.485. The number of carbonyl (C=O) groups excluding carboxylic acids is 1. The van der Waals surface area contributed by atoms with Crippen LogP contribution >= 0.6 is 11.6 Å². The molecular formula is C17H21ClN4O2. The molecule has 1 aliphatic heterocycles. The standard InChI is InChI=1S/C17H21ClN4O2/c1-22-7-3-4-13(22)11-24-14-8-12(16(18)20-10-14)9-21-17(23)15-5-2-6-19-15/h2,5-6,8,10,13,19H,3-4,7,9,11H2,1H3,(H,21,23)/t13-/m0/s1. The Labute approximate surface area is 146 Å². The number of amides is 1. The maximum absolute atomic E-state index is 12.0. The summed E-state index contributed by atoms with van der Waals surface area (Å²) in [6, 6.07) is 5.76. The Morgan fingerprint density at radius 1 is 1.58 bits per heavy atom. The second kappa shape index (κ2) is 7.68. The van der Waals surface area contributed by atoms with Gasteiger partial charge in [-0.05, 0) is 44.6 Å². The third-order valence-corrected chi connectivity index (χ3v) is 4.62. The first-order valence-electron chi connectivity index (χ1n) is 8.02. The molecule has 1 fully saturated rings. The fraction of sp³-hybridized carbons (Fsp3) is 0.412. The molecule has 24 heavy (non-hydrogen) atoms. The van der Waals surface area contributed by atoms with Crippen LogP contribution in [0.2, 0.25) is 5.15 Å². The summed E-state index contributed by atoms with van der Waals surface area (Å²) in [6.07, 6.45) is 5.68. The number of nitrogens with one attached hydrogen (secondary N) is 2. The Balaban J connectivity index is 1.58. The highest BCUT2D eigenvalue weighted by molar-refractivity contribution is 6.30. The maximum Gasteiger partial charge on any atom is 0.267 e. The van der Waals surface area contributed by atoms with Crippen LogP contribution in [0.3, 0.4) is 0 Å². The van der Waals surface area contributed by atoms with Gasteiger partial charge in [0.05, 0.1) is 6.20 Å². The van der Waals surface area contributed by atoms with E-state index in [1.807, 2.05) is 6.07 Å². The first-order valence-corrected chi connectivity index (χ1v) is 8.40. The molecule has 0 aromatic carbocycles.